The molecule has 4 rings (SSSR count). The molecular formula is C21H12F4N2O4. The molecule has 1 aromatic heterocycles. The number of hydrogen-bond acceptors (Lipinski definition) is 6. The van der Waals surface area contributed by atoms with E-state index in [1.54, 1.807) is 24.3 Å². The average Bonchev–Trinajstić information content (AvgIpc) is 3.22. The van der Waals surface area contributed by atoms with Crippen LogP contribution in [0.2, 0.25) is 0 Å². The third kappa shape index (κ3) is 4.27. The number of benzene rings is 3. The van der Waals surface area contributed by atoms with Crippen LogP contribution in [0.25, 0.3) is 22.8 Å². The van der Waals surface area contributed by atoms with Gasteiger partial charge in [0.05, 0.1) is 5.56 Å². The zero-order chi connectivity index (χ0) is 22.2. The molecule has 0 spiro atoms. The molecular weight excluding hydrogens is 420 g/mol. The predicted molar refractivity (Wildman–Crippen MR) is 100.0 cm³/mol. The van der Waals surface area contributed by atoms with E-state index >= 15 is 0 Å². The second kappa shape index (κ2) is 7.63. The van der Waals surface area contributed by atoms with Crippen LogP contribution in [-0.4, -0.2) is 20.4 Å². The highest BCUT2D eigenvalue weighted by Crippen LogP contribution is 2.34. The maximum absolute atomic E-state index is 13.6. The first-order chi connectivity index (χ1) is 14.7. The minimum absolute atomic E-state index is 0.0747. The first-order valence-electron chi connectivity index (χ1n) is 8.72. The molecule has 0 saturated heterocycles. The third-order valence-electron chi connectivity index (χ3n) is 4.25. The Labute approximate surface area is 172 Å². The molecule has 6 nitrogen and oxygen atoms in total. The van der Waals surface area contributed by atoms with E-state index in [2.05, 4.69) is 10.1 Å². The highest BCUT2D eigenvalue weighted by Gasteiger charge is 2.30. The number of aromatic hydroxyl groups is 2. The lowest BCUT2D eigenvalue weighted by atomic mass is 10.2. The van der Waals surface area contributed by atoms with Gasteiger partial charge in [-0.05, 0) is 60.7 Å². The van der Waals surface area contributed by atoms with Gasteiger partial charge in [-0.15, -0.1) is 0 Å². The predicted octanol–water partition coefficient (Wildman–Crippen LogP) is 5.77. The Morgan fingerprint density at radius 3 is 2.03 bits per heavy atom. The summed E-state index contributed by atoms with van der Waals surface area (Å²) in [4.78, 5) is 4.12. The van der Waals surface area contributed by atoms with E-state index in [9.17, 15) is 27.8 Å². The number of hydrogen-bond donors (Lipinski definition) is 2. The van der Waals surface area contributed by atoms with Crippen molar-refractivity contribution in [3.63, 3.8) is 0 Å². The lowest BCUT2D eigenvalue weighted by molar-refractivity contribution is -0.137. The van der Waals surface area contributed by atoms with Crippen LogP contribution in [-0.2, 0) is 6.18 Å². The Kier molecular flexibility index (Phi) is 4.97. The zero-order valence-electron chi connectivity index (χ0n) is 15.4. The molecule has 0 aliphatic rings. The summed E-state index contributed by atoms with van der Waals surface area (Å²) in [5.74, 6) is -1.89. The van der Waals surface area contributed by atoms with Crippen molar-refractivity contribution in [3.8, 4) is 45.8 Å². The SMILES string of the molecule is Oc1cc(-c2nc(-c3ccc(Oc4ccc(C(F)(F)F)cc4)cc3)no2)cc(F)c1O. The summed E-state index contributed by atoms with van der Waals surface area (Å²) in [6, 6.07) is 12.6. The minimum Gasteiger partial charge on any atom is -0.504 e. The van der Waals surface area contributed by atoms with Crippen molar-refractivity contribution in [2.45, 2.75) is 6.18 Å². The fourth-order valence-corrected chi connectivity index (χ4v) is 2.69. The molecule has 0 aliphatic carbocycles. The molecule has 2 N–H and O–H groups in total. The van der Waals surface area contributed by atoms with Crippen LogP contribution >= 0.6 is 0 Å². The summed E-state index contributed by atoms with van der Waals surface area (Å²) in [5, 5.41) is 22.6. The summed E-state index contributed by atoms with van der Waals surface area (Å²) < 4.78 is 62.0. The van der Waals surface area contributed by atoms with Gasteiger partial charge in [0, 0.05) is 11.1 Å². The normalized spacial score (nSPS) is 11.5. The Balaban J connectivity index is 1.50. The van der Waals surface area contributed by atoms with Crippen LogP contribution < -0.4 is 4.74 Å². The van der Waals surface area contributed by atoms with Gasteiger partial charge in [0.2, 0.25) is 5.82 Å². The van der Waals surface area contributed by atoms with E-state index in [1.165, 1.54) is 12.1 Å². The number of halogens is 4. The van der Waals surface area contributed by atoms with Crippen LogP contribution in [0.3, 0.4) is 0 Å². The van der Waals surface area contributed by atoms with E-state index in [-0.39, 0.29) is 23.0 Å². The maximum atomic E-state index is 13.6. The lowest BCUT2D eigenvalue weighted by Gasteiger charge is -2.09. The smallest absolute Gasteiger partial charge is 0.416 e. The van der Waals surface area contributed by atoms with Crippen molar-refractivity contribution in [1.29, 1.82) is 0 Å². The summed E-state index contributed by atoms with van der Waals surface area (Å²) in [6.07, 6.45) is -4.42. The van der Waals surface area contributed by atoms with E-state index < -0.39 is 29.1 Å². The van der Waals surface area contributed by atoms with Crippen molar-refractivity contribution < 1.29 is 37.0 Å². The molecule has 10 heteroatoms. The van der Waals surface area contributed by atoms with Crippen LogP contribution in [0.5, 0.6) is 23.0 Å². The van der Waals surface area contributed by atoms with E-state index in [1.807, 2.05) is 0 Å². The van der Waals surface area contributed by atoms with E-state index in [4.69, 9.17) is 9.26 Å². The van der Waals surface area contributed by atoms with Crippen LogP contribution in [0.15, 0.2) is 65.2 Å². The molecule has 158 valence electrons. The average molecular weight is 432 g/mol. The Hall–Kier alpha value is -4.08. The molecule has 0 fully saturated rings. The number of nitrogens with zero attached hydrogens (tertiary/aromatic N) is 2. The number of phenols is 2. The number of phenolic OH excluding ortho intramolecular Hbond substituents is 2. The number of ether oxygens (including phenoxy) is 1. The van der Waals surface area contributed by atoms with Gasteiger partial charge in [0.15, 0.2) is 17.3 Å². The molecule has 4 aromatic rings. The second-order valence-corrected chi connectivity index (χ2v) is 6.40. The largest absolute Gasteiger partial charge is 0.504 e. The monoisotopic (exact) mass is 432 g/mol. The number of alkyl halides is 3. The highest BCUT2D eigenvalue weighted by molar-refractivity contribution is 5.63. The first-order valence-corrected chi connectivity index (χ1v) is 8.72. The summed E-state index contributed by atoms with van der Waals surface area (Å²) >= 11 is 0. The molecule has 0 saturated carbocycles. The molecule has 0 amide bonds. The summed E-state index contributed by atoms with van der Waals surface area (Å²) in [5.41, 5.74) is -0.169. The summed E-state index contributed by atoms with van der Waals surface area (Å²) in [7, 11) is 0. The Morgan fingerprint density at radius 2 is 1.45 bits per heavy atom. The zero-order valence-corrected chi connectivity index (χ0v) is 15.4. The molecule has 0 bridgehead atoms. The van der Waals surface area contributed by atoms with Crippen molar-refractivity contribution in [1.82, 2.24) is 10.1 Å². The minimum atomic E-state index is -4.42. The van der Waals surface area contributed by atoms with Gasteiger partial charge in [-0.2, -0.15) is 18.2 Å². The van der Waals surface area contributed by atoms with E-state index in [0.717, 1.165) is 24.3 Å². The molecule has 0 atom stereocenters. The topological polar surface area (TPSA) is 88.6 Å². The van der Waals surface area contributed by atoms with E-state index in [0.29, 0.717) is 11.3 Å². The number of rotatable bonds is 4. The van der Waals surface area contributed by atoms with Gasteiger partial charge in [0.25, 0.3) is 5.89 Å². The molecule has 0 unspecified atom stereocenters. The van der Waals surface area contributed by atoms with Crippen LogP contribution in [0.4, 0.5) is 17.6 Å². The quantitative estimate of drug-likeness (QED) is 0.315. The van der Waals surface area contributed by atoms with Gasteiger partial charge in [-0.25, -0.2) is 4.39 Å². The fraction of sp³-hybridized carbons (Fsp3) is 0.0476. The lowest BCUT2D eigenvalue weighted by Crippen LogP contribution is -2.03. The van der Waals surface area contributed by atoms with Crippen LogP contribution in [0.1, 0.15) is 5.56 Å². The van der Waals surface area contributed by atoms with Crippen molar-refractivity contribution >= 4 is 0 Å². The van der Waals surface area contributed by atoms with Gasteiger partial charge in [-0.3, -0.25) is 0 Å². The first kappa shape index (κ1) is 20.2. The third-order valence-corrected chi connectivity index (χ3v) is 4.25. The second-order valence-electron chi connectivity index (χ2n) is 6.40. The maximum Gasteiger partial charge on any atom is 0.416 e. The molecule has 0 aliphatic heterocycles. The van der Waals surface area contributed by atoms with Gasteiger partial charge < -0.3 is 19.5 Å². The Morgan fingerprint density at radius 1 is 0.839 bits per heavy atom. The number of aromatic nitrogens is 2. The van der Waals surface area contributed by atoms with Gasteiger partial charge >= 0.3 is 6.18 Å². The molecule has 1 heterocycles. The summed E-state index contributed by atoms with van der Waals surface area (Å²) in [6.45, 7) is 0. The molecule has 0 radical (unpaired) electrons. The Bertz CT molecular complexity index is 1200. The fourth-order valence-electron chi connectivity index (χ4n) is 2.69. The van der Waals surface area contributed by atoms with Gasteiger partial charge in [-0.1, -0.05) is 5.16 Å². The van der Waals surface area contributed by atoms with Crippen molar-refractivity contribution in [3.05, 3.63) is 72.0 Å². The molecule has 31 heavy (non-hydrogen) atoms. The van der Waals surface area contributed by atoms with Gasteiger partial charge in [0.1, 0.15) is 11.5 Å². The van der Waals surface area contributed by atoms with Crippen LogP contribution in [0, 0.1) is 5.82 Å². The van der Waals surface area contributed by atoms with Crippen molar-refractivity contribution in [2.24, 2.45) is 0 Å². The molecule has 3 aromatic carbocycles. The standard InChI is InChI=1S/C21H12F4N2O4/c22-16-9-12(10-17(28)18(16)29)20-26-19(27-31-20)11-1-5-14(6-2-11)30-15-7-3-13(4-8-15)21(23,24)25/h1-10,28-29H. The van der Waals surface area contributed by atoms with Crippen molar-refractivity contribution in [2.75, 3.05) is 0 Å². The highest BCUT2D eigenvalue weighted by atomic mass is 19.4.